The zero-order chi connectivity index (χ0) is 16.0. The van der Waals surface area contributed by atoms with Crippen molar-refractivity contribution in [2.45, 2.75) is 70.9 Å². The van der Waals surface area contributed by atoms with E-state index in [4.69, 9.17) is 0 Å². The summed E-state index contributed by atoms with van der Waals surface area (Å²) in [5.41, 5.74) is 0. The predicted molar refractivity (Wildman–Crippen MR) is 84.2 cm³/mol. The van der Waals surface area contributed by atoms with Gasteiger partial charge in [-0.05, 0) is 69.3 Å². The van der Waals surface area contributed by atoms with Gasteiger partial charge in [0, 0.05) is 5.92 Å². The minimum absolute atomic E-state index is 0.152. The maximum Gasteiger partial charge on any atom is 0.391 e. The number of alkyl halides is 3. The lowest BCUT2D eigenvalue weighted by Crippen LogP contribution is -2.27. The Morgan fingerprint density at radius 3 is 2.14 bits per heavy atom. The molecule has 0 N–H and O–H groups in total. The van der Waals surface area contributed by atoms with E-state index in [9.17, 15) is 13.2 Å². The van der Waals surface area contributed by atoms with Crippen molar-refractivity contribution < 1.29 is 13.2 Å². The second-order valence-corrected chi connectivity index (χ2v) is 6.93. The van der Waals surface area contributed by atoms with Crippen LogP contribution in [-0.4, -0.2) is 6.18 Å². The molecule has 0 heterocycles. The Bertz CT molecular complexity index is 408. The number of rotatable bonds is 2. The lowest BCUT2D eigenvalue weighted by molar-refractivity contribution is -0.182. The quantitative estimate of drug-likeness (QED) is 0.538. The van der Waals surface area contributed by atoms with Gasteiger partial charge in [0.15, 0.2) is 0 Å². The SMILES string of the molecule is CCC1CCC(/C=C/C#CC2CCC(C(F)(F)F)CC2)CC1. The van der Waals surface area contributed by atoms with Crippen molar-refractivity contribution in [1.29, 1.82) is 0 Å². The molecular formula is C19H27F3. The first kappa shape index (κ1) is 17.4. The Morgan fingerprint density at radius 1 is 0.955 bits per heavy atom. The highest BCUT2D eigenvalue weighted by molar-refractivity contribution is 5.18. The average molecular weight is 312 g/mol. The van der Waals surface area contributed by atoms with E-state index in [-0.39, 0.29) is 18.8 Å². The molecule has 3 heteroatoms. The predicted octanol–water partition coefficient (Wildman–Crippen LogP) is 6.13. The van der Waals surface area contributed by atoms with Crippen molar-refractivity contribution >= 4 is 0 Å². The highest BCUT2D eigenvalue weighted by Gasteiger charge is 2.41. The van der Waals surface area contributed by atoms with Gasteiger partial charge in [-0.15, -0.1) is 0 Å². The van der Waals surface area contributed by atoms with Crippen LogP contribution in [0, 0.1) is 35.5 Å². The standard InChI is InChI=1S/C19H27F3/c1-2-15-7-9-16(10-8-15)5-3-4-6-17-11-13-18(14-12-17)19(20,21)22/h3,5,15-18H,2,7-14H2,1H3/b5-3+. The molecule has 0 radical (unpaired) electrons. The summed E-state index contributed by atoms with van der Waals surface area (Å²) in [7, 11) is 0. The smallest absolute Gasteiger partial charge is 0.171 e. The van der Waals surface area contributed by atoms with Gasteiger partial charge < -0.3 is 0 Å². The topological polar surface area (TPSA) is 0 Å². The summed E-state index contributed by atoms with van der Waals surface area (Å²) in [6, 6.07) is 0. The second-order valence-electron chi connectivity index (χ2n) is 6.93. The Kier molecular flexibility index (Phi) is 6.41. The number of allylic oxidation sites excluding steroid dienone is 2. The van der Waals surface area contributed by atoms with Crippen molar-refractivity contribution in [3.05, 3.63) is 12.2 Å². The molecule has 0 bridgehead atoms. The molecule has 2 fully saturated rings. The molecule has 0 unspecified atom stereocenters. The molecular weight excluding hydrogens is 285 g/mol. The van der Waals surface area contributed by atoms with Crippen LogP contribution >= 0.6 is 0 Å². The molecule has 2 aliphatic carbocycles. The highest BCUT2D eigenvalue weighted by Crippen LogP contribution is 2.39. The Labute approximate surface area is 132 Å². The zero-order valence-corrected chi connectivity index (χ0v) is 13.5. The third kappa shape index (κ3) is 5.38. The van der Waals surface area contributed by atoms with Crippen LogP contribution in [0.25, 0.3) is 0 Å². The maximum absolute atomic E-state index is 12.6. The third-order valence-corrected chi connectivity index (χ3v) is 5.40. The monoisotopic (exact) mass is 312 g/mol. The van der Waals surface area contributed by atoms with E-state index < -0.39 is 12.1 Å². The molecule has 0 aliphatic heterocycles. The summed E-state index contributed by atoms with van der Waals surface area (Å²) < 4.78 is 37.8. The van der Waals surface area contributed by atoms with Crippen LogP contribution in [0.4, 0.5) is 13.2 Å². The first-order valence-corrected chi connectivity index (χ1v) is 8.73. The Morgan fingerprint density at radius 2 is 1.59 bits per heavy atom. The molecule has 0 amide bonds. The van der Waals surface area contributed by atoms with E-state index in [1.807, 2.05) is 6.08 Å². The Hall–Kier alpha value is -0.910. The average Bonchev–Trinajstić information content (AvgIpc) is 2.52. The van der Waals surface area contributed by atoms with Gasteiger partial charge in [0.1, 0.15) is 0 Å². The molecule has 0 aromatic rings. The minimum atomic E-state index is -4.02. The van der Waals surface area contributed by atoms with Crippen molar-refractivity contribution in [3.8, 4) is 11.8 Å². The van der Waals surface area contributed by atoms with Crippen LogP contribution in [0.1, 0.15) is 64.7 Å². The van der Waals surface area contributed by atoms with Gasteiger partial charge in [-0.1, -0.05) is 31.3 Å². The number of halogens is 3. The number of hydrogen-bond acceptors (Lipinski definition) is 0. The second kappa shape index (κ2) is 8.09. The van der Waals surface area contributed by atoms with E-state index in [0.29, 0.717) is 18.8 Å². The molecule has 0 aromatic carbocycles. The van der Waals surface area contributed by atoms with Crippen LogP contribution in [-0.2, 0) is 0 Å². The van der Waals surface area contributed by atoms with Crippen molar-refractivity contribution in [1.82, 2.24) is 0 Å². The van der Waals surface area contributed by atoms with E-state index in [1.54, 1.807) is 0 Å². The van der Waals surface area contributed by atoms with Gasteiger partial charge in [0.2, 0.25) is 0 Å². The molecule has 124 valence electrons. The molecule has 2 rings (SSSR count). The lowest BCUT2D eigenvalue weighted by Gasteiger charge is -2.27. The van der Waals surface area contributed by atoms with Crippen LogP contribution in [0.5, 0.6) is 0 Å². The van der Waals surface area contributed by atoms with Gasteiger partial charge in [0.05, 0.1) is 5.92 Å². The van der Waals surface area contributed by atoms with Gasteiger partial charge in [-0.25, -0.2) is 0 Å². The summed E-state index contributed by atoms with van der Waals surface area (Å²) in [5, 5.41) is 0. The van der Waals surface area contributed by atoms with Gasteiger partial charge in [-0.2, -0.15) is 13.2 Å². The highest BCUT2D eigenvalue weighted by atomic mass is 19.4. The largest absolute Gasteiger partial charge is 0.391 e. The van der Waals surface area contributed by atoms with Gasteiger partial charge in [0.25, 0.3) is 0 Å². The Balaban J connectivity index is 1.70. The molecule has 0 atom stereocenters. The van der Waals surface area contributed by atoms with Gasteiger partial charge >= 0.3 is 6.18 Å². The molecule has 0 aromatic heterocycles. The third-order valence-electron chi connectivity index (χ3n) is 5.40. The van der Waals surface area contributed by atoms with E-state index in [1.165, 1.54) is 32.1 Å². The molecule has 0 saturated heterocycles. The van der Waals surface area contributed by atoms with E-state index in [0.717, 1.165) is 5.92 Å². The summed E-state index contributed by atoms with van der Waals surface area (Å²) in [6.45, 7) is 2.26. The van der Waals surface area contributed by atoms with Crippen LogP contribution in [0.3, 0.4) is 0 Å². The van der Waals surface area contributed by atoms with Crippen molar-refractivity contribution in [3.63, 3.8) is 0 Å². The fraction of sp³-hybridized carbons (Fsp3) is 0.789. The maximum atomic E-state index is 12.6. The van der Waals surface area contributed by atoms with Crippen LogP contribution in [0.2, 0.25) is 0 Å². The summed E-state index contributed by atoms with van der Waals surface area (Å²) in [4.78, 5) is 0. The fourth-order valence-corrected chi connectivity index (χ4v) is 3.70. The summed E-state index contributed by atoms with van der Waals surface area (Å²) in [5.74, 6) is 6.82. The summed E-state index contributed by atoms with van der Waals surface area (Å²) >= 11 is 0. The molecule has 0 spiro atoms. The molecule has 0 nitrogen and oxygen atoms in total. The van der Waals surface area contributed by atoms with E-state index >= 15 is 0 Å². The fourth-order valence-electron chi connectivity index (χ4n) is 3.70. The van der Waals surface area contributed by atoms with Gasteiger partial charge in [-0.3, -0.25) is 0 Å². The van der Waals surface area contributed by atoms with Crippen LogP contribution in [0.15, 0.2) is 12.2 Å². The van der Waals surface area contributed by atoms with Crippen molar-refractivity contribution in [2.75, 3.05) is 0 Å². The zero-order valence-electron chi connectivity index (χ0n) is 13.5. The molecule has 22 heavy (non-hydrogen) atoms. The lowest BCUT2D eigenvalue weighted by atomic mass is 9.80. The molecule has 2 saturated carbocycles. The first-order valence-electron chi connectivity index (χ1n) is 8.73. The molecule has 2 aliphatic rings. The number of hydrogen-bond donors (Lipinski definition) is 0. The first-order chi connectivity index (χ1) is 10.5. The summed E-state index contributed by atoms with van der Waals surface area (Å²) in [6.07, 6.45) is 8.24. The van der Waals surface area contributed by atoms with E-state index in [2.05, 4.69) is 24.8 Å². The minimum Gasteiger partial charge on any atom is -0.171 e. The van der Waals surface area contributed by atoms with Crippen molar-refractivity contribution in [2.24, 2.45) is 23.7 Å². The normalized spacial score (nSPS) is 33.5. The van der Waals surface area contributed by atoms with Crippen LogP contribution < -0.4 is 0 Å².